The van der Waals surface area contributed by atoms with E-state index >= 15 is 0 Å². The summed E-state index contributed by atoms with van der Waals surface area (Å²) in [7, 11) is -0.956. The van der Waals surface area contributed by atoms with Gasteiger partial charge in [0.1, 0.15) is 0 Å². The second kappa shape index (κ2) is 7.81. The Balaban J connectivity index is 2.52. The predicted molar refractivity (Wildman–Crippen MR) is 73.4 cm³/mol. The van der Waals surface area contributed by atoms with E-state index in [2.05, 4.69) is 13.8 Å². The van der Waals surface area contributed by atoms with E-state index in [9.17, 15) is 4.89 Å². The number of rotatable bonds is 7. The van der Waals surface area contributed by atoms with Crippen molar-refractivity contribution in [3.63, 3.8) is 0 Å². The minimum absolute atomic E-state index is 0.476. The molecule has 0 saturated heterocycles. The first-order valence-electron chi connectivity index (χ1n) is 6.32. The molecule has 2 unspecified atom stereocenters. The molecule has 0 saturated carbocycles. The minimum Gasteiger partial charge on any atom is -0.369 e. The van der Waals surface area contributed by atoms with Crippen molar-refractivity contribution in [2.75, 3.05) is 0 Å². The smallest absolute Gasteiger partial charge is 0.0594 e. The summed E-state index contributed by atoms with van der Waals surface area (Å²) >= 11 is 0. The van der Waals surface area contributed by atoms with E-state index in [1.165, 1.54) is 25.7 Å². The highest BCUT2D eigenvalue weighted by Crippen LogP contribution is 2.40. The van der Waals surface area contributed by atoms with Crippen LogP contribution in [-0.2, 0) is 0 Å². The predicted octanol–water partition coefficient (Wildman–Crippen LogP) is 4.06. The van der Waals surface area contributed by atoms with Crippen LogP contribution >= 0.6 is 8.15 Å². The zero-order valence-electron chi connectivity index (χ0n) is 10.4. The van der Waals surface area contributed by atoms with E-state index in [0.717, 1.165) is 11.7 Å². The summed E-state index contributed by atoms with van der Waals surface area (Å²) < 4.78 is 0. The van der Waals surface area contributed by atoms with Crippen LogP contribution in [0, 0.1) is 0 Å². The first-order valence-corrected chi connectivity index (χ1v) is 7.69. The van der Waals surface area contributed by atoms with Crippen molar-refractivity contribution < 1.29 is 4.89 Å². The van der Waals surface area contributed by atoms with Crippen LogP contribution in [0.1, 0.15) is 46.0 Å². The molecule has 2 atom stereocenters. The molecule has 16 heavy (non-hydrogen) atoms. The lowest BCUT2D eigenvalue weighted by atomic mass is 10.1. The normalized spacial score (nSPS) is 14.7. The van der Waals surface area contributed by atoms with Gasteiger partial charge in [0.15, 0.2) is 0 Å². The summed E-state index contributed by atoms with van der Waals surface area (Å²) in [4.78, 5) is 10.3. The van der Waals surface area contributed by atoms with Crippen molar-refractivity contribution in [2.24, 2.45) is 0 Å². The van der Waals surface area contributed by atoms with Crippen molar-refractivity contribution in [1.82, 2.24) is 0 Å². The lowest BCUT2D eigenvalue weighted by molar-refractivity contribution is 0.572. The monoisotopic (exact) mass is 238 g/mol. The summed E-state index contributed by atoms with van der Waals surface area (Å²) in [5, 5.41) is 1.13. The van der Waals surface area contributed by atoms with Crippen LogP contribution in [-0.4, -0.2) is 10.6 Å². The number of benzene rings is 1. The third-order valence-corrected chi connectivity index (χ3v) is 5.12. The zero-order valence-corrected chi connectivity index (χ0v) is 11.3. The van der Waals surface area contributed by atoms with Crippen molar-refractivity contribution in [2.45, 2.75) is 51.6 Å². The Kier molecular flexibility index (Phi) is 6.68. The van der Waals surface area contributed by atoms with Gasteiger partial charge in [0.05, 0.1) is 8.15 Å². The molecule has 1 aromatic carbocycles. The Hall–Kier alpha value is -0.390. The summed E-state index contributed by atoms with van der Waals surface area (Å²) in [5.41, 5.74) is 0.476. The highest BCUT2D eigenvalue weighted by molar-refractivity contribution is 7.60. The van der Waals surface area contributed by atoms with Crippen molar-refractivity contribution in [1.29, 1.82) is 0 Å². The van der Waals surface area contributed by atoms with Gasteiger partial charge in [-0.05, 0) is 12.8 Å². The van der Waals surface area contributed by atoms with E-state index in [4.69, 9.17) is 0 Å². The summed E-state index contributed by atoms with van der Waals surface area (Å²) in [5.74, 6) is 0. The fourth-order valence-electron chi connectivity index (χ4n) is 1.92. The van der Waals surface area contributed by atoms with Crippen LogP contribution in [0.15, 0.2) is 30.3 Å². The molecule has 0 amide bonds. The van der Waals surface area contributed by atoms with Crippen LogP contribution in [0.4, 0.5) is 0 Å². The Morgan fingerprint density at radius 2 is 1.81 bits per heavy atom. The van der Waals surface area contributed by atoms with Gasteiger partial charge >= 0.3 is 0 Å². The molecule has 0 spiro atoms. The molecule has 90 valence electrons. The first-order chi connectivity index (χ1) is 7.79. The maximum Gasteiger partial charge on any atom is 0.0594 e. The van der Waals surface area contributed by atoms with Crippen molar-refractivity contribution in [3.8, 4) is 0 Å². The molecular formula is C14H23OP. The quantitative estimate of drug-likeness (QED) is 0.561. The third kappa shape index (κ3) is 4.23. The molecule has 0 aliphatic rings. The average molecular weight is 238 g/mol. The largest absolute Gasteiger partial charge is 0.369 e. The Bertz CT molecular complexity index is 273. The minimum atomic E-state index is -0.956. The highest BCUT2D eigenvalue weighted by Gasteiger charge is 2.18. The average Bonchev–Trinajstić information content (AvgIpc) is 2.35. The molecule has 0 bridgehead atoms. The van der Waals surface area contributed by atoms with E-state index < -0.39 is 8.15 Å². The van der Waals surface area contributed by atoms with Gasteiger partial charge in [-0.15, -0.1) is 0 Å². The standard InChI is InChI=1S/C14H23OP/c1-3-5-7-10-13(4-2)16(15)14-11-8-6-9-12-14/h6,8-9,11-13,15H,3-5,7,10H2,1-2H3. The van der Waals surface area contributed by atoms with E-state index in [1.807, 2.05) is 30.3 Å². The molecule has 0 aliphatic carbocycles. The number of hydrogen-bond donors (Lipinski definition) is 1. The van der Waals surface area contributed by atoms with Gasteiger partial charge < -0.3 is 4.89 Å². The molecular weight excluding hydrogens is 215 g/mol. The van der Waals surface area contributed by atoms with Gasteiger partial charge in [0.2, 0.25) is 0 Å². The number of unbranched alkanes of at least 4 members (excludes halogenated alkanes) is 2. The van der Waals surface area contributed by atoms with Crippen LogP contribution in [0.3, 0.4) is 0 Å². The SMILES string of the molecule is CCCCCC(CC)P(O)c1ccccc1. The molecule has 1 rings (SSSR count). The molecule has 1 aromatic rings. The molecule has 0 aliphatic heterocycles. The molecule has 0 radical (unpaired) electrons. The van der Waals surface area contributed by atoms with E-state index in [1.54, 1.807) is 0 Å². The fourth-order valence-corrected chi connectivity index (χ4v) is 3.59. The van der Waals surface area contributed by atoms with Gasteiger partial charge in [-0.1, -0.05) is 63.4 Å². The second-order valence-electron chi connectivity index (χ2n) is 4.24. The molecule has 0 fully saturated rings. The Labute approximate surface area is 101 Å². The van der Waals surface area contributed by atoms with E-state index in [0.29, 0.717) is 5.66 Å². The van der Waals surface area contributed by atoms with Crippen LogP contribution in [0.25, 0.3) is 0 Å². The molecule has 0 heterocycles. The van der Waals surface area contributed by atoms with Gasteiger partial charge in [-0.2, -0.15) is 0 Å². The Morgan fingerprint density at radius 1 is 1.12 bits per heavy atom. The lowest BCUT2D eigenvalue weighted by Crippen LogP contribution is -2.12. The highest BCUT2D eigenvalue weighted by atomic mass is 31.1. The first kappa shape index (κ1) is 13.7. The van der Waals surface area contributed by atoms with E-state index in [-0.39, 0.29) is 0 Å². The van der Waals surface area contributed by atoms with Crippen LogP contribution < -0.4 is 5.30 Å². The topological polar surface area (TPSA) is 20.2 Å². The van der Waals surface area contributed by atoms with Gasteiger partial charge in [-0.3, -0.25) is 0 Å². The van der Waals surface area contributed by atoms with Gasteiger partial charge in [0, 0.05) is 11.0 Å². The summed E-state index contributed by atoms with van der Waals surface area (Å²) in [6.45, 7) is 4.41. The maximum atomic E-state index is 10.3. The number of hydrogen-bond acceptors (Lipinski definition) is 1. The molecule has 1 N–H and O–H groups in total. The Morgan fingerprint density at radius 3 is 2.38 bits per heavy atom. The fraction of sp³-hybridized carbons (Fsp3) is 0.571. The van der Waals surface area contributed by atoms with Crippen LogP contribution in [0.5, 0.6) is 0 Å². The summed E-state index contributed by atoms with van der Waals surface area (Å²) in [6, 6.07) is 10.1. The van der Waals surface area contributed by atoms with Crippen LogP contribution in [0.2, 0.25) is 0 Å². The molecule has 2 heteroatoms. The van der Waals surface area contributed by atoms with Crippen molar-refractivity contribution in [3.05, 3.63) is 30.3 Å². The van der Waals surface area contributed by atoms with Crippen molar-refractivity contribution >= 4 is 13.5 Å². The lowest BCUT2D eigenvalue weighted by Gasteiger charge is -2.21. The maximum absolute atomic E-state index is 10.3. The zero-order chi connectivity index (χ0) is 11.8. The second-order valence-corrected chi connectivity index (χ2v) is 6.17. The third-order valence-electron chi connectivity index (χ3n) is 2.98. The molecule has 1 nitrogen and oxygen atoms in total. The van der Waals surface area contributed by atoms with Gasteiger partial charge in [0.25, 0.3) is 0 Å². The molecule has 0 aromatic heterocycles. The van der Waals surface area contributed by atoms with Gasteiger partial charge in [-0.25, -0.2) is 0 Å². The summed E-state index contributed by atoms with van der Waals surface area (Å²) in [6.07, 6.45) is 6.04.